The molecule has 0 aliphatic rings. The maximum atomic E-state index is 12.7. The molecule has 1 amide bonds. The Morgan fingerprint density at radius 2 is 2.00 bits per heavy atom. The lowest BCUT2D eigenvalue weighted by Crippen LogP contribution is -2.31. The number of hydrogen-bond acceptors (Lipinski definition) is 5. The molecule has 0 radical (unpaired) electrons. The molecule has 0 spiro atoms. The molecular weight excluding hydrogens is 378 g/mol. The van der Waals surface area contributed by atoms with Crippen LogP contribution >= 0.6 is 11.6 Å². The van der Waals surface area contributed by atoms with Crippen molar-refractivity contribution in [2.75, 3.05) is 6.26 Å². The first-order chi connectivity index (χ1) is 12.1. The van der Waals surface area contributed by atoms with Gasteiger partial charge in [0.05, 0.1) is 19.1 Å². The standard InChI is InChI=1S/C18H22ClNO5S/c1-13(2)9-18(21)20(12-16-5-4-8-24-16)11-14-10-15(19)6-7-17(14)25-26(3,22)23/h4-8,10,13H,9,11-12H2,1-3H3. The molecule has 0 aliphatic heterocycles. The van der Waals surface area contributed by atoms with Crippen molar-refractivity contribution >= 4 is 27.6 Å². The minimum atomic E-state index is -3.70. The van der Waals surface area contributed by atoms with E-state index in [9.17, 15) is 13.2 Å². The third-order valence-electron chi connectivity index (χ3n) is 3.49. The summed E-state index contributed by atoms with van der Waals surface area (Å²) in [5.74, 6) is 0.905. The Morgan fingerprint density at radius 1 is 1.27 bits per heavy atom. The highest BCUT2D eigenvalue weighted by molar-refractivity contribution is 7.86. The Kier molecular flexibility index (Phi) is 6.72. The summed E-state index contributed by atoms with van der Waals surface area (Å²) in [6.45, 7) is 4.34. The van der Waals surface area contributed by atoms with E-state index in [1.54, 1.807) is 29.2 Å². The normalized spacial score (nSPS) is 11.6. The van der Waals surface area contributed by atoms with Gasteiger partial charge in [-0.1, -0.05) is 25.4 Å². The molecule has 6 nitrogen and oxygen atoms in total. The second-order valence-corrected chi connectivity index (χ2v) is 8.48. The topological polar surface area (TPSA) is 76.8 Å². The summed E-state index contributed by atoms with van der Waals surface area (Å²) >= 11 is 6.05. The lowest BCUT2D eigenvalue weighted by atomic mass is 10.1. The molecule has 0 saturated carbocycles. The first-order valence-corrected chi connectivity index (χ1v) is 10.3. The van der Waals surface area contributed by atoms with E-state index in [-0.39, 0.29) is 30.7 Å². The van der Waals surface area contributed by atoms with Crippen LogP contribution in [0, 0.1) is 5.92 Å². The molecule has 2 aromatic rings. The van der Waals surface area contributed by atoms with Crippen LogP contribution in [0.25, 0.3) is 0 Å². The average molecular weight is 400 g/mol. The molecule has 0 fully saturated rings. The van der Waals surface area contributed by atoms with Gasteiger partial charge in [0.1, 0.15) is 11.5 Å². The van der Waals surface area contributed by atoms with Crippen LogP contribution in [-0.4, -0.2) is 25.5 Å². The van der Waals surface area contributed by atoms with E-state index in [4.69, 9.17) is 20.2 Å². The second-order valence-electron chi connectivity index (χ2n) is 6.47. The van der Waals surface area contributed by atoms with Crippen molar-refractivity contribution in [1.82, 2.24) is 4.90 Å². The van der Waals surface area contributed by atoms with Gasteiger partial charge in [-0.2, -0.15) is 8.42 Å². The van der Waals surface area contributed by atoms with Gasteiger partial charge >= 0.3 is 10.1 Å². The van der Waals surface area contributed by atoms with Crippen LogP contribution in [0.2, 0.25) is 5.02 Å². The molecule has 1 heterocycles. The van der Waals surface area contributed by atoms with Crippen LogP contribution in [0.1, 0.15) is 31.6 Å². The smallest absolute Gasteiger partial charge is 0.306 e. The molecule has 0 saturated heterocycles. The molecule has 0 aliphatic carbocycles. The van der Waals surface area contributed by atoms with E-state index < -0.39 is 10.1 Å². The molecule has 8 heteroatoms. The number of furan rings is 1. The van der Waals surface area contributed by atoms with E-state index in [1.165, 1.54) is 12.3 Å². The van der Waals surface area contributed by atoms with Crippen molar-refractivity contribution in [3.05, 3.63) is 52.9 Å². The van der Waals surface area contributed by atoms with E-state index in [2.05, 4.69) is 0 Å². The van der Waals surface area contributed by atoms with Crippen LogP contribution in [0.4, 0.5) is 0 Å². The Morgan fingerprint density at radius 3 is 2.58 bits per heavy atom. The monoisotopic (exact) mass is 399 g/mol. The van der Waals surface area contributed by atoms with Crippen molar-refractivity contribution < 1.29 is 21.8 Å². The number of carbonyl (C=O) groups is 1. The molecule has 0 N–H and O–H groups in total. The van der Waals surface area contributed by atoms with Gasteiger partial charge in [-0.15, -0.1) is 0 Å². The molecule has 0 unspecified atom stereocenters. The van der Waals surface area contributed by atoms with Gasteiger partial charge in [-0.3, -0.25) is 4.79 Å². The van der Waals surface area contributed by atoms with Crippen molar-refractivity contribution in [3.8, 4) is 5.75 Å². The average Bonchev–Trinajstić information content (AvgIpc) is 3.00. The fourth-order valence-electron chi connectivity index (χ4n) is 2.42. The Bertz CT molecular complexity index is 846. The summed E-state index contributed by atoms with van der Waals surface area (Å²) in [5.41, 5.74) is 0.506. The quantitative estimate of drug-likeness (QED) is 0.630. The van der Waals surface area contributed by atoms with Crippen LogP contribution < -0.4 is 4.18 Å². The maximum Gasteiger partial charge on any atom is 0.306 e. The van der Waals surface area contributed by atoms with Crippen LogP contribution in [-0.2, 0) is 28.0 Å². The number of halogens is 1. The zero-order chi connectivity index (χ0) is 19.3. The Hall–Kier alpha value is -1.99. The highest BCUT2D eigenvalue weighted by Crippen LogP contribution is 2.26. The zero-order valence-electron chi connectivity index (χ0n) is 14.9. The fourth-order valence-corrected chi connectivity index (χ4v) is 3.11. The van der Waals surface area contributed by atoms with Gasteiger partial charge in [0.25, 0.3) is 0 Å². The highest BCUT2D eigenvalue weighted by atomic mass is 35.5. The van der Waals surface area contributed by atoms with Crippen molar-refractivity contribution in [3.63, 3.8) is 0 Å². The largest absolute Gasteiger partial charge is 0.467 e. The van der Waals surface area contributed by atoms with Gasteiger partial charge in [-0.05, 0) is 36.2 Å². The number of nitrogens with zero attached hydrogens (tertiary/aromatic N) is 1. The number of carbonyl (C=O) groups excluding carboxylic acids is 1. The lowest BCUT2D eigenvalue weighted by molar-refractivity contribution is -0.133. The Labute approximate surface area is 158 Å². The molecular formula is C18H22ClNO5S. The minimum Gasteiger partial charge on any atom is -0.467 e. The summed E-state index contributed by atoms with van der Waals surface area (Å²) in [7, 11) is -3.70. The molecule has 1 aromatic carbocycles. The molecule has 0 atom stereocenters. The summed E-state index contributed by atoms with van der Waals surface area (Å²) < 4.78 is 33.4. The molecule has 1 aromatic heterocycles. The first-order valence-electron chi connectivity index (χ1n) is 8.12. The number of hydrogen-bond donors (Lipinski definition) is 0. The minimum absolute atomic E-state index is 0.0679. The predicted molar refractivity (Wildman–Crippen MR) is 99.3 cm³/mol. The fraction of sp³-hybridized carbons (Fsp3) is 0.389. The van der Waals surface area contributed by atoms with Gasteiger partial charge in [0, 0.05) is 23.6 Å². The third-order valence-corrected chi connectivity index (χ3v) is 4.20. The Balaban J connectivity index is 2.31. The van der Waals surface area contributed by atoms with Gasteiger partial charge in [0.15, 0.2) is 0 Å². The van der Waals surface area contributed by atoms with Crippen LogP contribution in [0.3, 0.4) is 0 Å². The van der Waals surface area contributed by atoms with Gasteiger partial charge in [0.2, 0.25) is 5.91 Å². The van der Waals surface area contributed by atoms with E-state index >= 15 is 0 Å². The number of amides is 1. The van der Waals surface area contributed by atoms with E-state index in [1.807, 2.05) is 13.8 Å². The van der Waals surface area contributed by atoms with Crippen molar-refractivity contribution in [2.24, 2.45) is 5.92 Å². The molecule has 2 rings (SSSR count). The lowest BCUT2D eigenvalue weighted by Gasteiger charge is -2.24. The van der Waals surface area contributed by atoms with Crippen LogP contribution in [0.5, 0.6) is 5.75 Å². The van der Waals surface area contributed by atoms with Gasteiger partial charge in [-0.25, -0.2) is 0 Å². The maximum absolute atomic E-state index is 12.7. The third kappa shape index (κ3) is 6.38. The van der Waals surface area contributed by atoms with Crippen molar-refractivity contribution in [1.29, 1.82) is 0 Å². The van der Waals surface area contributed by atoms with Crippen molar-refractivity contribution in [2.45, 2.75) is 33.4 Å². The van der Waals surface area contributed by atoms with E-state index in [0.717, 1.165) is 6.26 Å². The molecule has 142 valence electrons. The summed E-state index contributed by atoms with van der Waals surface area (Å²) in [5, 5.41) is 0.426. The summed E-state index contributed by atoms with van der Waals surface area (Å²) in [6.07, 6.45) is 2.87. The van der Waals surface area contributed by atoms with Gasteiger partial charge < -0.3 is 13.5 Å². The SMILES string of the molecule is CC(C)CC(=O)N(Cc1ccco1)Cc1cc(Cl)ccc1OS(C)(=O)=O. The predicted octanol–water partition coefficient (Wildman–Crippen LogP) is 3.85. The number of benzene rings is 1. The number of rotatable bonds is 8. The molecule has 0 bridgehead atoms. The molecule has 26 heavy (non-hydrogen) atoms. The van der Waals surface area contributed by atoms with E-state index in [0.29, 0.717) is 22.8 Å². The second kappa shape index (κ2) is 8.60. The highest BCUT2D eigenvalue weighted by Gasteiger charge is 2.20. The first kappa shape index (κ1) is 20.3. The zero-order valence-corrected chi connectivity index (χ0v) is 16.5. The van der Waals surface area contributed by atoms with Crippen LogP contribution in [0.15, 0.2) is 41.0 Å². The summed E-state index contributed by atoms with van der Waals surface area (Å²) in [4.78, 5) is 14.3. The summed E-state index contributed by atoms with van der Waals surface area (Å²) in [6, 6.07) is 8.15.